The van der Waals surface area contributed by atoms with E-state index in [9.17, 15) is 14.7 Å². The van der Waals surface area contributed by atoms with Crippen molar-refractivity contribution in [3.63, 3.8) is 0 Å². The average molecular weight is 499 g/mol. The number of carbonyl (C=O) groups is 2. The van der Waals surface area contributed by atoms with E-state index in [4.69, 9.17) is 4.74 Å². The minimum absolute atomic E-state index is 0.121. The van der Waals surface area contributed by atoms with E-state index in [1.54, 1.807) is 23.1 Å². The fraction of sp³-hybridized carbons (Fsp3) is 0.290. The molecule has 0 saturated carbocycles. The highest BCUT2D eigenvalue weighted by molar-refractivity contribution is 6.46. The summed E-state index contributed by atoms with van der Waals surface area (Å²) >= 11 is 0. The topological polar surface area (TPSA) is 70.1 Å². The van der Waals surface area contributed by atoms with Crippen LogP contribution in [0, 0.1) is 13.8 Å². The van der Waals surface area contributed by atoms with Gasteiger partial charge in [-0.25, -0.2) is 0 Å². The van der Waals surface area contributed by atoms with E-state index < -0.39 is 17.7 Å². The second-order valence-electron chi connectivity index (χ2n) is 9.81. The number of hydrogen-bond donors (Lipinski definition) is 1. The van der Waals surface area contributed by atoms with Gasteiger partial charge in [0.25, 0.3) is 11.7 Å². The van der Waals surface area contributed by atoms with Crippen LogP contribution >= 0.6 is 0 Å². The SMILES string of the molecule is Cc1ccc(C2C(=C(O)c3ccc(OCc4ccccc4)c(C)c3)C(=O)C(=O)N2CCCN(C)C)cc1. The van der Waals surface area contributed by atoms with Crippen LogP contribution in [0.15, 0.2) is 78.4 Å². The van der Waals surface area contributed by atoms with Crippen molar-refractivity contribution in [1.82, 2.24) is 9.80 Å². The van der Waals surface area contributed by atoms with Crippen molar-refractivity contribution in [2.45, 2.75) is 32.9 Å². The van der Waals surface area contributed by atoms with E-state index >= 15 is 0 Å². The fourth-order valence-electron chi connectivity index (χ4n) is 4.61. The minimum Gasteiger partial charge on any atom is -0.507 e. The number of Topliss-reactive ketones (excluding diaryl/α,β-unsaturated/α-hetero) is 1. The third-order valence-electron chi connectivity index (χ3n) is 6.62. The molecule has 1 fully saturated rings. The van der Waals surface area contributed by atoms with Crippen LogP contribution < -0.4 is 4.74 Å². The van der Waals surface area contributed by atoms with Crippen LogP contribution in [0.1, 0.15) is 40.3 Å². The standard InChI is InChI=1S/C31H34N2O4/c1-21-11-13-24(14-12-21)28-27(30(35)31(36)33(28)18-8-17-32(3)4)29(34)25-15-16-26(22(2)19-25)37-20-23-9-6-5-7-10-23/h5-7,9-16,19,28,34H,8,17-18,20H2,1-4H3. The van der Waals surface area contributed by atoms with E-state index in [1.165, 1.54) is 0 Å². The van der Waals surface area contributed by atoms with Crippen LogP contribution in [-0.2, 0) is 16.2 Å². The van der Waals surface area contributed by atoms with Gasteiger partial charge in [-0.05, 0) is 75.8 Å². The summed E-state index contributed by atoms with van der Waals surface area (Å²) in [6, 6.07) is 22.3. The monoisotopic (exact) mass is 498 g/mol. The highest BCUT2D eigenvalue weighted by atomic mass is 16.5. The maximum atomic E-state index is 13.2. The number of aryl methyl sites for hydroxylation is 2. The van der Waals surface area contributed by atoms with Crippen molar-refractivity contribution >= 4 is 17.4 Å². The number of hydrogen-bond acceptors (Lipinski definition) is 5. The Morgan fingerprint density at radius 2 is 1.68 bits per heavy atom. The lowest BCUT2D eigenvalue weighted by Gasteiger charge is -2.26. The first-order valence-corrected chi connectivity index (χ1v) is 12.5. The molecule has 1 aliphatic rings. The molecule has 192 valence electrons. The lowest BCUT2D eigenvalue weighted by atomic mass is 9.94. The van der Waals surface area contributed by atoms with Gasteiger partial charge in [0.1, 0.15) is 18.1 Å². The normalized spacial score (nSPS) is 17.0. The number of ether oxygens (including phenoxy) is 1. The van der Waals surface area contributed by atoms with Crippen molar-refractivity contribution in [2.24, 2.45) is 0 Å². The summed E-state index contributed by atoms with van der Waals surface area (Å²) in [7, 11) is 3.95. The van der Waals surface area contributed by atoms with Crippen LogP contribution in [0.5, 0.6) is 5.75 Å². The quantitative estimate of drug-likeness (QED) is 0.248. The van der Waals surface area contributed by atoms with Crippen LogP contribution in [0.25, 0.3) is 5.76 Å². The number of aliphatic hydroxyl groups is 1. The molecular formula is C31H34N2O4. The van der Waals surface area contributed by atoms with Gasteiger partial charge in [0.2, 0.25) is 0 Å². The summed E-state index contributed by atoms with van der Waals surface area (Å²) in [6.07, 6.45) is 0.717. The Bertz CT molecular complexity index is 1300. The molecular weight excluding hydrogens is 464 g/mol. The van der Waals surface area contributed by atoms with Crippen molar-refractivity contribution in [1.29, 1.82) is 0 Å². The molecule has 3 aromatic rings. The van der Waals surface area contributed by atoms with Gasteiger partial charge in [-0.3, -0.25) is 9.59 Å². The number of carbonyl (C=O) groups excluding carboxylic acids is 2. The van der Waals surface area contributed by atoms with Crippen molar-refractivity contribution < 1.29 is 19.4 Å². The van der Waals surface area contributed by atoms with Crippen LogP contribution in [0.2, 0.25) is 0 Å². The summed E-state index contributed by atoms with van der Waals surface area (Å²) < 4.78 is 5.97. The van der Waals surface area contributed by atoms with Gasteiger partial charge in [0.05, 0.1) is 11.6 Å². The molecule has 0 aromatic heterocycles. The largest absolute Gasteiger partial charge is 0.507 e. The summed E-state index contributed by atoms with van der Waals surface area (Å²) in [5.74, 6) is -0.711. The van der Waals surface area contributed by atoms with Gasteiger partial charge in [0, 0.05) is 12.1 Å². The summed E-state index contributed by atoms with van der Waals surface area (Å²) in [6.45, 7) is 5.52. The molecule has 1 aliphatic heterocycles. The molecule has 1 amide bonds. The maximum Gasteiger partial charge on any atom is 0.295 e. The highest BCUT2D eigenvalue weighted by Crippen LogP contribution is 2.40. The smallest absolute Gasteiger partial charge is 0.295 e. The van der Waals surface area contributed by atoms with E-state index in [2.05, 4.69) is 0 Å². The molecule has 6 heteroatoms. The Morgan fingerprint density at radius 1 is 0.973 bits per heavy atom. The number of nitrogens with zero attached hydrogens (tertiary/aromatic N) is 2. The van der Waals surface area contributed by atoms with Gasteiger partial charge in [-0.2, -0.15) is 0 Å². The third-order valence-corrected chi connectivity index (χ3v) is 6.62. The number of benzene rings is 3. The zero-order chi connectivity index (χ0) is 26.5. The second kappa shape index (κ2) is 11.4. The molecule has 6 nitrogen and oxygen atoms in total. The summed E-state index contributed by atoms with van der Waals surface area (Å²) in [5, 5.41) is 11.4. The van der Waals surface area contributed by atoms with Gasteiger partial charge >= 0.3 is 0 Å². The lowest BCUT2D eigenvalue weighted by molar-refractivity contribution is -0.139. The Labute approximate surface area is 218 Å². The van der Waals surface area contributed by atoms with Crippen molar-refractivity contribution in [2.75, 3.05) is 27.2 Å². The third kappa shape index (κ3) is 5.92. The van der Waals surface area contributed by atoms with E-state index in [0.717, 1.165) is 35.2 Å². The highest BCUT2D eigenvalue weighted by Gasteiger charge is 2.45. The minimum atomic E-state index is -0.657. The summed E-state index contributed by atoms with van der Waals surface area (Å²) in [4.78, 5) is 30.0. The Kier molecular flexibility index (Phi) is 8.09. The lowest BCUT2D eigenvalue weighted by Crippen LogP contribution is -2.32. The molecule has 1 unspecified atom stereocenters. The van der Waals surface area contributed by atoms with Crippen LogP contribution in [0.4, 0.5) is 0 Å². The van der Waals surface area contributed by atoms with Crippen molar-refractivity contribution in [3.05, 3.63) is 106 Å². The molecule has 0 aliphatic carbocycles. The molecule has 3 aromatic carbocycles. The first-order chi connectivity index (χ1) is 17.8. The second-order valence-corrected chi connectivity index (χ2v) is 9.81. The fourth-order valence-corrected chi connectivity index (χ4v) is 4.61. The zero-order valence-corrected chi connectivity index (χ0v) is 21.9. The van der Waals surface area contributed by atoms with Gasteiger partial charge < -0.3 is 19.6 Å². The van der Waals surface area contributed by atoms with Gasteiger partial charge in [-0.1, -0.05) is 60.2 Å². The predicted octanol–water partition coefficient (Wildman–Crippen LogP) is 5.26. The van der Waals surface area contributed by atoms with Gasteiger partial charge in [0.15, 0.2) is 0 Å². The van der Waals surface area contributed by atoms with E-state index in [0.29, 0.717) is 24.5 Å². The Morgan fingerprint density at radius 3 is 2.32 bits per heavy atom. The number of amides is 1. The molecule has 0 spiro atoms. The molecule has 1 saturated heterocycles. The van der Waals surface area contributed by atoms with Crippen LogP contribution in [0.3, 0.4) is 0 Å². The number of rotatable bonds is 9. The van der Waals surface area contributed by atoms with Crippen LogP contribution in [-0.4, -0.2) is 53.8 Å². The molecule has 0 bridgehead atoms. The number of aliphatic hydroxyl groups excluding tert-OH is 1. The first kappa shape index (κ1) is 26.2. The predicted molar refractivity (Wildman–Crippen MR) is 145 cm³/mol. The zero-order valence-electron chi connectivity index (χ0n) is 21.9. The van der Waals surface area contributed by atoms with E-state index in [1.807, 2.05) is 87.4 Å². The van der Waals surface area contributed by atoms with Crippen molar-refractivity contribution in [3.8, 4) is 5.75 Å². The molecule has 1 heterocycles. The first-order valence-electron chi connectivity index (χ1n) is 12.5. The summed E-state index contributed by atoms with van der Waals surface area (Å²) in [5.41, 5.74) is 4.36. The molecule has 37 heavy (non-hydrogen) atoms. The Hall–Kier alpha value is -3.90. The molecule has 4 rings (SSSR count). The maximum absolute atomic E-state index is 13.2. The molecule has 0 radical (unpaired) electrons. The van der Waals surface area contributed by atoms with E-state index in [-0.39, 0.29) is 11.3 Å². The molecule has 1 N–H and O–H groups in total. The number of likely N-dealkylation sites (tertiary alicyclic amines) is 1. The number of ketones is 1. The van der Waals surface area contributed by atoms with Gasteiger partial charge in [-0.15, -0.1) is 0 Å². The molecule has 1 atom stereocenters. The Balaban J connectivity index is 1.67. The average Bonchev–Trinajstić information content (AvgIpc) is 3.13.